The summed E-state index contributed by atoms with van der Waals surface area (Å²) in [7, 11) is 0. The Kier molecular flexibility index (Phi) is 6.11. The molecule has 110 valence electrons. The topological polar surface area (TPSA) is 44.4 Å². The first-order chi connectivity index (χ1) is 9.25. The molecule has 2 aliphatic heterocycles. The molecule has 1 atom stereocenters. The number of carbonyl (C=O) groups is 1. The van der Waals surface area contributed by atoms with Gasteiger partial charge in [-0.15, -0.1) is 0 Å². The number of amides is 1. The van der Waals surface area contributed by atoms with E-state index in [1.165, 1.54) is 38.8 Å². The second-order valence-electron chi connectivity index (χ2n) is 6.13. The molecule has 0 radical (unpaired) electrons. The van der Waals surface area contributed by atoms with E-state index in [1.807, 2.05) is 0 Å². The molecule has 1 amide bonds. The van der Waals surface area contributed by atoms with E-state index in [2.05, 4.69) is 22.5 Å². The van der Waals surface area contributed by atoms with Crippen LogP contribution in [0, 0.1) is 5.92 Å². The zero-order valence-electron chi connectivity index (χ0n) is 12.3. The van der Waals surface area contributed by atoms with Crippen LogP contribution in [-0.2, 0) is 4.79 Å². The van der Waals surface area contributed by atoms with Crippen molar-refractivity contribution in [1.29, 1.82) is 0 Å². The van der Waals surface area contributed by atoms with E-state index in [4.69, 9.17) is 0 Å². The van der Waals surface area contributed by atoms with Crippen molar-refractivity contribution in [3.63, 3.8) is 0 Å². The molecule has 0 spiro atoms. The highest BCUT2D eigenvalue weighted by atomic mass is 16.1. The van der Waals surface area contributed by atoms with Crippen LogP contribution in [-0.4, -0.2) is 49.6 Å². The first-order valence-corrected chi connectivity index (χ1v) is 7.97. The third-order valence-corrected chi connectivity index (χ3v) is 4.60. The largest absolute Gasteiger partial charge is 0.355 e. The Bertz CT molecular complexity index is 271. The molecule has 4 heteroatoms. The fraction of sp³-hybridized carbons (Fsp3) is 0.933. The lowest BCUT2D eigenvalue weighted by Crippen LogP contribution is -2.40. The van der Waals surface area contributed by atoms with Crippen LogP contribution in [0.1, 0.15) is 45.4 Å². The number of rotatable bonds is 6. The Morgan fingerprint density at radius 2 is 2.00 bits per heavy atom. The minimum atomic E-state index is 0.240. The Morgan fingerprint density at radius 1 is 1.32 bits per heavy atom. The van der Waals surface area contributed by atoms with Crippen LogP contribution in [0.25, 0.3) is 0 Å². The molecule has 0 aromatic rings. The van der Waals surface area contributed by atoms with Crippen molar-refractivity contribution in [2.24, 2.45) is 5.92 Å². The van der Waals surface area contributed by atoms with E-state index in [0.717, 1.165) is 32.0 Å². The zero-order valence-corrected chi connectivity index (χ0v) is 12.3. The highest BCUT2D eigenvalue weighted by molar-refractivity contribution is 5.75. The van der Waals surface area contributed by atoms with Crippen LogP contribution in [0.15, 0.2) is 0 Å². The van der Waals surface area contributed by atoms with Gasteiger partial charge in [-0.3, -0.25) is 9.69 Å². The van der Waals surface area contributed by atoms with Crippen LogP contribution in [0.3, 0.4) is 0 Å². The number of likely N-dealkylation sites (tertiary alicyclic amines) is 1. The van der Waals surface area contributed by atoms with Gasteiger partial charge in [0.2, 0.25) is 5.91 Å². The number of carbonyl (C=O) groups excluding carboxylic acids is 1. The molecule has 2 heterocycles. The Labute approximate surface area is 117 Å². The molecule has 2 fully saturated rings. The van der Waals surface area contributed by atoms with E-state index in [0.29, 0.717) is 12.5 Å². The minimum Gasteiger partial charge on any atom is -0.355 e. The average molecular weight is 267 g/mol. The molecule has 0 aromatic carbocycles. The van der Waals surface area contributed by atoms with Crippen molar-refractivity contribution in [1.82, 2.24) is 15.5 Å². The van der Waals surface area contributed by atoms with E-state index in [1.54, 1.807) is 0 Å². The monoisotopic (exact) mass is 267 g/mol. The van der Waals surface area contributed by atoms with Crippen molar-refractivity contribution in [2.45, 2.75) is 51.5 Å². The van der Waals surface area contributed by atoms with E-state index < -0.39 is 0 Å². The summed E-state index contributed by atoms with van der Waals surface area (Å²) in [5.74, 6) is 0.993. The van der Waals surface area contributed by atoms with Crippen molar-refractivity contribution in [3.05, 3.63) is 0 Å². The van der Waals surface area contributed by atoms with Gasteiger partial charge in [-0.1, -0.05) is 0 Å². The first kappa shape index (κ1) is 14.8. The Morgan fingerprint density at radius 3 is 2.68 bits per heavy atom. The maximum Gasteiger partial charge on any atom is 0.220 e. The maximum atomic E-state index is 11.9. The first-order valence-electron chi connectivity index (χ1n) is 7.97. The van der Waals surface area contributed by atoms with Crippen molar-refractivity contribution in [3.8, 4) is 0 Å². The predicted molar refractivity (Wildman–Crippen MR) is 78.1 cm³/mol. The number of hydrogen-bond donors (Lipinski definition) is 2. The number of hydrogen-bond acceptors (Lipinski definition) is 3. The third-order valence-electron chi connectivity index (χ3n) is 4.60. The predicted octanol–water partition coefficient (Wildman–Crippen LogP) is 1.37. The van der Waals surface area contributed by atoms with Crippen LogP contribution in [0.4, 0.5) is 0 Å². The van der Waals surface area contributed by atoms with Crippen LogP contribution >= 0.6 is 0 Å². The van der Waals surface area contributed by atoms with Crippen LogP contribution < -0.4 is 10.6 Å². The minimum absolute atomic E-state index is 0.240. The lowest BCUT2D eigenvalue weighted by molar-refractivity contribution is -0.121. The summed E-state index contributed by atoms with van der Waals surface area (Å²) in [6.45, 7) is 7.68. The third kappa shape index (κ3) is 5.11. The molecule has 0 saturated carbocycles. The number of piperidine rings is 1. The normalized spacial score (nSPS) is 23.4. The second kappa shape index (κ2) is 7.85. The smallest absolute Gasteiger partial charge is 0.220 e. The van der Waals surface area contributed by atoms with Gasteiger partial charge >= 0.3 is 0 Å². The fourth-order valence-electron chi connectivity index (χ4n) is 3.17. The van der Waals surface area contributed by atoms with Gasteiger partial charge < -0.3 is 10.6 Å². The second-order valence-corrected chi connectivity index (χ2v) is 6.13. The van der Waals surface area contributed by atoms with E-state index in [9.17, 15) is 4.79 Å². The highest BCUT2D eigenvalue weighted by Crippen LogP contribution is 2.17. The summed E-state index contributed by atoms with van der Waals surface area (Å²) in [6, 6.07) is 0.491. The Hall–Kier alpha value is -0.610. The van der Waals surface area contributed by atoms with Gasteiger partial charge in [0, 0.05) is 19.0 Å². The summed E-state index contributed by atoms with van der Waals surface area (Å²) >= 11 is 0. The molecular weight excluding hydrogens is 238 g/mol. The number of nitrogens with zero attached hydrogens (tertiary/aromatic N) is 1. The van der Waals surface area contributed by atoms with Crippen LogP contribution in [0.5, 0.6) is 0 Å². The quantitative estimate of drug-likeness (QED) is 0.764. The van der Waals surface area contributed by atoms with Crippen LogP contribution in [0.2, 0.25) is 0 Å². The molecule has 0 aliphatic carbocycles. The number of nitrogens with one attached hydrogen (secondary N) is 2. The molecular formula is C15H29N3O. The molecule has 0 bridgehead atoms. The van der Waals surface area contributed by atoms with Gasteiger partial charge in [0.05, 0.1) is 0 Å². The molecule has 2 rings (SSSR count). The standard InChI is InChI=1S/C15H29N3O/c1-13(18-10-2-3-11-18)12-17-15(19)5-4-14-6-8-16-9-7-14/h13-14,16H,2-12H2,1H3,(H,17,19). The molecule has 19 heavy (non-hydrogen) atoms. The van der Waals surface area contributed by atoms with Gasteiger partial charge in [0.1, 0.15) is 0 Å². The molecule has 2 saturated heterocycles. The van der Waals surface area contributed by atoms with Gasteiger partial charge in [-0.25, -0.2) is 0 Å². The Balaban J connectivity index is 1.55. The van der Waals surface area contributed by atoms with Gasteiger partial charge in [0.25, 0.3) is 0 Å². The average Bonchev–Trinajstić information content (AvgIpc) is 2.98. The highest BCUT2D eigenvalue weighted by Gasteiger charge is 2.19. The van der Waals surface area contributed by atoms with Gasteiger partial charge in [-0.2, -0.15) is 0 Å². The summed E-state index contributed by atoms with van der Waals surface area (Å²) in [4.78, 5) is 14.3. The molecule has 4 nitrogen and oxygen atoms in total. The lowest BCUT2D eigenvalue weighted by atomic mass is 9.93. The summed E-state index contributed by atoms with van der Waals surface area (Å²) < 4.78 is 0. The summed E-state index contributed by atoms with van der Waals surface area (Å²) in [5, 5.41) is 6.47. The molecule has 2 aliphatic rings. The maximum absolute atomic E-state index is 11.9. The zero-order chi connectivity index (χ0) is 13.5. The molecule has 1 unspecified atom stereocenters. The SMILES string of the molecule is CC(CNC(=O)CCC1CCNCC1)N1CCCC1. The fourth-order valence-corrected chi connectivity index (χ4v) is 3.17. The van der Waals surface area contributed by atoms with Gasteiger partial charge in [0.15, 0.2) is 0 Å². The van der Waals surface area contributed by atoms with E-state index >= 15 is 0 Å². The van der Waals surface area contributed by atoms with Crippen molar-refractivity contribution in [2.75, 3.05) is 32.7 Å². The lowest BCUT2D eigenvalue weighted by Gasteiger charge is -2.24. The van der Waals surface area contributed by atoms with Crippen molar-refractivity contribution < 1.29 is 4.79 Å². The summed E-state index contributed by atoms with van der Waals surface area (Å²) in [5.41, 5.74) is 0. The molecule has 2 N–H and O–H groups in total. The summed E-state index contributed by atoms with van der Waals surface area (Å²) in [6.07, 6.45) is 6.86. The van der Waals surface area contributed by atoms with Crippen molar-refractivity contribution >= 4 is 5.91 Å². The van der Waals surface area contributed by atoms with E-state index in [-0.39, 0.29) is 5.91 Å². The molecule has 0 aromatic heterocycles. The van der Waals surface area contributed by atoms with Gasteiger partial charge in [-0.05, 0) is 71.1 Å².